The van der Waals surface area contributed by atoms with Crippen molar-refractivity contribution in [3.63, 3.8) is 0 Å². The molecular weight excluding hydrogens is 355 g/mol. The molecule has 0 radical (unpaired) electrons. The Hall–Kier alpha value is -2.69. The van der Waals surface area contributed by atoms with Crippen LogP contribution in [-0.4, -0.2) is 34.3 Å². The highest BCUT2D eigenvalue weighted by molar-refractivity contribution is 6.11. The summed E-state index contributed by atoms with van der Waals surface area (Å²) in [4.78, 5) is 20.1. The van der Waals surface area contributed by atoms with Crippen molar-refractivity contribution in [2.75, 3.05) is 6.54 Å². The van der Waals surface area contributed by atoms with E-state index in [-0.39, 0.29) is 35.4 Å². The topological polar surface area (TPSA) is 52.9 Å². The van der Waals surface area contributed by atoms with Crippen molar-refractivity contribution in [2.45, 2.75) is 38.6 Å². The minimum absolute atomic E-state index is 0.0312. The molecule has 0 bridgehead atoms. The molecule has 1 saturated carbocycles. The van der Waals surface area contributed by atoms with Gasteiger partial charge in [0.25, 0.3) is 0 Å². The lowest BCUT2D eigenvalue weighted by atomic mass is 9.75. The van der Waals surface area contributed by atoms with Gasteiger partial charge in [0.05, 0.1) is 17.5 Å². The quantitative estimate of drug-likeness (QED) is 0.866. The van der Waals surface area contributed by atoms with Crippen LogP contribution in [0.15, 0.2) is 53.5 Å². The second-order valence-electron chi connectivity index (χ2n) is 7.84. The number of rotatable bonds is 4. The third-order valence-corrected chi connectivity index (χ3v) is 5.94. The molecule has 28 heavy (non-hydrogen) atoms. The molecule has 3 unspecified atom stereocenters. The molecule has 4 rings (SSSR count). The van der Waals surface area contributed by atoms with Crippen LogP contribution < -0.4 is 0 Å². The molecule has 0 aromatic heterocycles. The number of aliphatic imine (C=N–C) groups is 1. The van der Waals surface area contributed by atoms with Crippen LogP contribution in [0.5, 0.6) is 5.75 Å². The Morgan fingerprint density at radius 2 is 2.00 bits per heavy atom. The summed E-state index contributed by atoms with van der Waals surface area (Å²) in [6.45, 7) is 2.53. The number of halogens is 1. The molecule has 2 aromatic carbocycles. The fourth-order valence-corrected chi connectivity index (χ4v) is 4.48. The Bertz CT molecular complexity index is 911. The number of para-hydroxylation sites is 1. The van der Waals surface area contributed by atoms with Gasteiger partial charge in [-0.3, -0.25) is 14.7 Å². The van der Waals surface area contributed by atoms with E-state index in [1.807, 2.05) is 12.1 Å². The number of amides is 1. The van der Waals surface area contributed by atoms with Crippen molar-refractivity contribution in [2.24, 2.45) is 16.8 Å². The van der Waals surface area contributed by atoms with Crippen LogP contribution in [0.4, 0.5) is 4.39 Å². The largest absolute Gasteiger partial charge is 0.507 e. The van der Waals surface area contributed by atoms with Crippen LogP contribution in [0.25, 0.3) is 0 Å². The number of hydrogen-bond acceptors (Lipinski definition) is 3. The highest BCUT2D eigenvalue weighted by Gasteiger charge is 2.43. The molecule has 1 aliphatic heterocycles. The van der Waals surface area contributed by atoms with Crippen LogP contribution in [0.2, 0.25) is 0 Å². The lowest BCUT2D eigenvalue weighted by Crippen LogP contribution is -2.53. The van der Waals surface area contributed by atoms with E-state index >= 15 is 0 Å². The van der Waals surface area contributed by atoms with E-state index in [4.69, 9.17) is 4.99 Å². The lowest BCUT2D eigenvalue weighted by molar-refractivity contribution is -0.135. The standard InChI is InChI=1S/C23H25FN2O2/c1-15-6-4-10-19-21(15)23(28)26(13-12-16-7-5-8-17(24)14-16)22(25-19)18-9-2-3-11-20(18)27/h2-3,5,7-9,11,14-15,19,21,27H,4,6,10,12-13H2,1H3. The zero-order valence-corrected chi connectivity index (χ0v) is 16.0. The van der Waals surface area contributed by atoms with Crippen LogP contribution in [0.3, 0.4) is 0 Å². The predicted octanol–water partition coefficient (Wildman–Crippen LogP) is 4.17. The molecule has 2 aromatic rings. The van der Waals surface area contributed by atoms with Gasteiger partial charge in [-0.1, -0.05) is 37.6 Å². The molecule has 0 saturated heterocycles. The number of phenols is 1. The molecule has 2 aliphatic rings. The Labute approximate surface area is 164 Å². The minimum Gasteiger partial charge on any atom is -0.507 e. The fourth-order valence-electron chi connectivity index (χ4n) is 4.48. The van der Waals surface area contributed by atoms with Gasteiger partial charge in [0.2, 0.25) is 5.91 Å². The zero-order chi connectivity index (χ0) is 19.7. The molecule has 1 aliphatic carbocycles. The van der Waals surface area contributed by atoms with Crippen molar-refractivity contribution in [3.8, 4) is 5.75 Å². The molecular formula is C23H25FN2O2. The highest BCUT2D eigenvalue weighted by atomic mass is 19.1. The van der Waals surface area contributed by atoms with Crippen molar-refractivity contribution in [1.29, 1.82) is 0 Å². The molecule has 3 atom stereocenters. The summed E-state index contributed by atoms with van der Waals surface area (Å²) in [5.74, 6) is 0.621. The second-order valence-corrected chi connectivity index (χ2v) is 7.84. The smallest absolute Gasteiger partial charge is 0.233 e. The third kappa shape index (κ3) is 3.53. The molecule has 5 heteroatoms. The Kier molecular flexibility index (Phi) is 5.16. The number of aromatic hydroxyl groups is 1. The monoisotopic (exact) mass is 380 g/mol. The Morgan fingerprint density at radius 1 is 1.18 bits per heavy atom. The molecule has 146 valence electrons. The number of carbonyl (C=O) groups excluding carboxylic acids is 1. The van der Waals surface area contributed by atoms with Gasteiger partial charge in [0, 0.05) is 6.54 Å². The molecule has 4 nitrogen and oxygen atoms in total. The van der Waals surface area contributed by atoms with Gasteiger partial charge in [-0.25, -0.2) is 4.39 Å². The van der Waals surface area contributed by atoms with E-state index in [9.17, 15) is 14.3 Å². The second kappa shape index (κ2) is 7.74. The normalized spacial score (nSPS) is 24.6. The maximum atomic E-state index is 13.5. The number of nitrogens with zero attached hydrogens (tertiary/aromatic N) is 2. The maximum absolute atomic E-state index is 13.5. The number of hydrogen-bond donors (Lipinski definition) is 1. The SMILES string of the molecule is CC1CCCC2N=C(c3ccccc3O)N(CCc3cccc(F)c3)C(=O)C12. The average Bonchev–Trinajstić information content (AvgIpc) is 2.67. The predicted molar refractivity (Wildman–Crippen MR) is 107 cm³/mol. The van der Waals surface area contributed by atoms with Crippen molar-refractivity contribution in [1.82, 2.24) is 4.90 Å². The van der Waals surface area contributed by atoms with Crippen molar-refractivity contribution in [3.05, 3.63) is 65.5 Å². The van der Waals surface area contributed by atoms with Gasteiger partial charge in [-0.05, 0) is 55.0 Å². The van der Waals surface area contributed by atoms with E-state index in [0.29, 0.717) is 24.4 Å². The van der Waals surface area contributed by atoms with Crippen molar-refractivity contribution >= 4 is 11.7 Å². The first-order valence-electron chi connectivity index (χ1n) is 9.96. The zero-order valence-electron chi connectivity index (χ0n) is 16.0. The summed E-state index contributed by atoms with van der Waals surface area (Å²) in [6.07, 6.45) is 3.53. The lowest BCUT2D eigenvalue weighted by Gasteiger charge is -2.41. The van der Waals surface area contributed by atoms with Gasteiger partial charge >= 0.3 is 0 Å². The number of phenolic OH excluding ortho intramolecular Hbond substituents is 1. The highest BCUT2D eigenvalue weighted by Crippen LogP contribution is 2.37. The fraction of sp³-hybridized carbons (Fsp3) is 0.391. The van der Waals surface area contributed by atoms with Gasteiger partial charge in [-0.2, -0.15) is 0 Å². The first kappa shape index (κ1) is 18.7. The van der Waals surface area contributed by atoms with Crippen LogP contribution >= 0.6 is 0 Å². The number of benzene rings is 2. The first-order chi connectivity index (χ1) is 13.5. The van der Waals surface area contributed by atoms with E-state index in [1.165, 1.54) is 12.1 Å². The van der Waals surface area contributed by atoms with Crippen LogP contribution in [-0.2, 0) is 11.2 Å². The average molecular weight is 380 g/mol. The van der Waals surface area contributed by atoms with Gasteiger partial charge in [0.15, 0.2) is 0 Å². The van der Waals surface area contributed by atoms with Gasteiger partial charge < -0.3 is 5.11 Å². The number of amidine groups is 1. The van der Waals surface area contributed by atoms with E-state index < -0.39 is 0 Å². The summed E-state index contributed by atoms with van der Waals surface area (Å²) in [5, 5.41) is 10.4. The molecule has 0 spiro atoms. The minimum atomic E-state index is -0.280. The maximum Gasteiger partial charge on any atom is 0.233 e. The summed E-state index contributed by atoms with van der Waals surface area (Å²) >= 11 is 0. The van der Waals surface area contributed by atoms with Gasteiger partial charge in [-0.15, -0.1) is 0 Å². The van der Waals surface area contributed by atoms with Crippen LogP contribution in [0.1, 0.15) is 37.3 Å². The Morgan fingerprint density at radius 3 is 2.79 bits per heavy atom. The molecule has 1 heterocycles. The number of fused-ring (bicyclic) bond motifs is 1. The van der Waals surface area contributed by atoms with Gasteiger partial charge in [0.1, 0.15) is 17.4 Å². The summed E-state index contributed by atoms with van der Waals surface area (Å²) < 4.78 is 13.5. The third-order valence-electron chi connectivity index (χ3n) is 5.94. The van der Waals surface area contributed by atoms with E-state index in [2.05, 4.69) is 6.92 Å². The molecule has 1 N–H and O–H groups in total. The first-order valence-corrected chi connectivity index (χ1v) is 9.96. The molecule has 1 amide bonds. The number of carbonyl (C=O) groups is 1. The van der Waals surface area contributed by atoms with Crippen molar-refractivity contribution < 1.29 is 14.3 Å². The Balaban J connectivity index is 1.69. The summed E-state index contributed by atoms with van der Waals surface area (Å²) in [5.41, 5.74) is 1.41. The summed E-state index contributed by atoms with van der Waals surface area (Å²) in [6, 6.07) is 13.4. The van der Waals surface area contributed by atoms with E-state index in [1.54, 1.807) is 29.2 Å². The van der Waals surface area contributed by atoms with E-state index in [0.717, 1.165) is 24.8 Å². The van der Waals surface area contributed by atoms with Crippen LogP contribution in [0, 0.1) is 17.7 Å². The summed E-state index contributed by atoms with van der Waals surface area (Å²) in [7, 11) is 0. The molecule has 1 fully saturated rings.